The van der Waals surface area contributed by atoms with Crippen molar-refractivity contribution in [1.29, 1.82) is 0 Å². The number of phenols is 1. The Morgan fingerprint density at radius 2 is 1.88 bits per heavy atom. The van der Waals surface area contributed by atoms with E-state index in [0.29, 0.717) is 22.8 Å². The van der Waals surface area contributed by atoms with Gasteiger partial charge in [-0.3, -0.25) is 0 Å². The first-order valence-electron chi connectivity index (χ1n) is 11.1. The van der Waals surface area contributed by atoms with Crippen molar-refractivity contribution in [3.8, 4) is 28.4 Å². The van der Waals surface area contributed by atoms with E-state index in [1.54, 1.807) is 19.2 Å². The molecule has 3 aromatic carbocycles. The minimum atomic E-state index is -0.188. The van der Waals surface area contributed by atoms with E-state index in [1.165, 1.54) is 0 Å². The molecule has 6 heteroatoms. The van der Waals surface area contributed by atoms with Crippen molar-refractivity contribution in [2.24, 2.45) is 0 Å². The Morgan fingerprint density at radius 1 is 1.09 bits per heavy atom. The lowest BCUT2D eigenvalue weighted by Crippen LogP contribution is -2.32. The molecule has 2 heterocycles. The molecule has 3 N–H and O–H groups in total. The van der Waals surface area contributed by atoms with Crippen LogP contribution in [0.4, 0.5) is 5.69 Å². The smallest absolute Gasteiger partial charge is 0.172 e. The van der Waals surface area contributed by atoms with Crippen molar-refractivity contribution < 1.29 is 19.7 Å². The van der Waals surface area contributed by atoms with Gasteiger partial charge in [-0.15, -0.1) is 0 Å². The van der Waals surface area contributed by atoms with Gasteiger partial charge in [0.25, 0.3) is 0 Å². The molecule has 0 saturated carbocycles. The van der Waals surface area contributed by atoms with Gasteiger partial charge < -0.3 is 25.0 Å². The molecule has 2 aliphatic rings. The third kappa shape index (κ3) is 3.58. The number of rotatable bonds is 3. The molecule has 0 fully saturated rings. The van der Waals surface area contributed by atoms with Gasteiger partial charge in [0.1, 0.15) is 11.5 Å². The standard InChI is InChI=1S/C28H26BrNO4/c1-15-13-28(2,3)30-20-9-8-17-25(24(15)20)23(12-16-6-5-7-19(29)18(16)14-31)34-22-11-10-21(32)27(33-4)26(17)22/h5-13,30-32H,14H2,1-4H3. The maximum atomic E-state index is 10.5. The molecule has 174 valence electrons. The van der Waals surface area contributed by atoms with Crippen molar-refractivity contribution >= 4 is 39.0 Å². The number of aromatic hydroxyl groups is 1. The summed E-state index contributed by atoms with van der Waals surface area (Å²) < 4.78 is 12.9. The summed E-state index contributed by atoms with van der Waals surface area (Å²) in [5, 5.41) is 24.1. The number of halogens is 1. The highest BCUT2D eigenvalue weighted by atomic mass is 79.9. The van der Waals surface area contributed by atoms with Gasteiger partial charge in [-0.1, -0.05) is 40.2 Å². The highest BCUT2D eigenvalue weighted by Gasteiger charge is 2.33. The predicted molar refractivity (Wildman–Crippen MR) is 140 cm³/mol. The van der Waals surface area contributed by atoms with E-state index in [1.807, 2.05) is 30.3 Å². The summed E-state index contributed by atoms with van der Waals surface area (Å²) in [7, 11) is 1.54. The second-order valence-electron chi connectivity index (χ2n) is 9.15. The van der Waals surface area contributed by atoms with E-state index < -0.39 is 0 Å². The minimum absolute atomic E-state index is 0.0574. The molecule has 34 heavy (non-hydrogen) atoms. The first-order valence-corrected chi connectivity index (χ1v) is 11.9. The predicted octanol–water partition coefficient (Wildman–Crippen LogP) is 6.82. The second kappa shape index (κ2) is 8.22. The molecule has 0 aliphatic carbocycles. The lowest BCUT2D eigenvalue weighted by molar-refractivity contribution is 0.281. The molecule has 0 radical (unpaired) electrons. The summed E-state index contributed by atoms with van der Waals surface area (Å²) in [6, 6.07) is 13.2. The summed E-state index contributed by atoms with van der Waals surface area (Å²) in [5.74, 6) is 1.69. The van der Waals surface area contributed by atoms with Gasteiger partial charge in [-0.05, 0) is 67.8 Å². The zero-order chi connectivity index (χ0) is 24.2. The van der Waals surface area contributed by atoms with Crippen LogP contribution in [0.5, 0.6) is 17.2 Å². The average molecular weight is 520 g/mol. The van der Waals surface area contributed by atoms with Gasteiger partial charge in [0.15, 0.2) is 11.5 Å². The average Bonchev–Trinajstić information content (AvgIpc) is 2.78. The molecule has 0 unspecified atom stereocenters. The molecule has 0 aromatic heterocycles. The van der Waals surface area contributed by atoms with E-state index in [9.17, 15) is 10.2 Å². The van der Waals surface area contributed by atoms with Gasteiger partial charge in [-0.2, -0.15) is 0 Å². The summed E-state index contributed by atoms with van der Waals surface area (Å²) in [5.41, 5.74) is 7.17. The Kier molecular flexibility index (Phi) is 5.46. The number of aliphatic hydroxyl groups is 1. The molecule has 0 saturated heterocycles. The molecule has 5 rings (SSSR count). The number of methoxy groups -OCH3 is 1. The molecule has 2 aliphatic heterocycles. The van der Waals surface area contributed by atoms with Crippen LogP contribution in [0.25, 0.3) is 28.5 Å². The Balaban J connectivity index is 1.85. The summed E-state index contributed by atoms with van der Waals surface area (Å²) in [6.45, 7) is 6.27. The quantitative estimate of drug-likeness (QED) is 0.354. The summed E-state index contributed by atoms with van der Waals surface area (Å²) >= 11 is 3.55. The number of hydrogen-bond acceptors (Lipinski definition) is 5. The lowest BCUT2D eigenvalue weighted by atomic mass is 9.82. The first kappa shape index (κ1) is 22.6. The van der Waals surface area contributed by atoms with Crippen molar-refractivity contribution in [3.63, 3.8) is 0 Å². The molecular weight excluding hydrogens is 494 g/mol. The molecule has 5 nitrogen and oxygen atoms in total. The second-order valence-corrected chi connectivity index (χ2v) is 10.0. The van der Waals surface area contributed by atoms with Gasteiger partial charge in [0, 0.05) is 26.9 Å². The summed E-state index contributed by atoms with van der Waals surface area (Å²) in [4.78, 5) is 0. The Labute approximate surface area is 207 Å². The fourth-order valence-electron chi connectivity index (χ4n) is 4.97. The number of phenolic OH excluding ortho intramolecular Hbond substituents is 1. The molecular formula is C28H26BrNO4. The van der Waals surface area contributed by atoms with Crippen LogP contribution in [0.1, 0.15) is 43.0 Å². The monoisotopic (exact) mass is 519 g/mol. The Morgan fingerprint density at radius 3 is 2.62 bits per heavy atom. The summed E-state index contributed by atoms with van der Waals surface area (Å²) in [6.07, 6.45) is 4.17. The SMILES string of the molecule is COc1c(O)ccc2c1-c1ccc3c(c1C(=Cc1cccc(Br)c1CO)O2)C(C)=CC(C)(C)N3. The van der Waals surface area contributed by atoms with Crippen LogP contribution in [0, 0.1) is 0 Å². The van der Waals surface area contributed by atoms with E-state index in [0.717, 1.165) is 43.6 Å². The van der Waals surface area contributed by atoms with Gasteiger partial charge in [0.05, 0.1) is 24.8 Å². The maximum absolute atomic E-state index is 10.5. The van der Waals surface area contributed by atoms with E-state index >= 15 is 0 Å². The van der Waals surface area contributed by atoms with Crippen molar-refractivity contribution in [2.75, 3.05) is 12.4 Å². The third-order valence-corrected chi connectivity index (χ3v) is 7.02. The Hall–Kier alpha value is -3.22. The molecule has 3 aromatic rings. The van der Waals surface area contributed by atoms with Gasteiger partial charge >= 0.3 is 0 Å². The molecule has 0 amide bonds. The third-order valence-electron chi connectivity index (χ3n) is 6.27. The maximum Gasteiger partial charge on any atom is 0.172 e. The fraction of sp³-hybridized carbons (Fsp3) is 0.214. The normalized spacial score (nSPS) is 16.5. The van der Waals surface area contributed by atoms with Gasteiger partial charge in [-0.25, -0.2) is 0 Å². The highest BCUT2D eigenvalue weighted by molar-refractivity contribution is 9.10. The topological polar surface area (TPSA) is 71.0 Å². The van der Waals surface area contributed by atoms with Crippen LogP contribution in [0.2, 0.25) is 0 Å². The first-order chi connectivity index (χ1) is 16.2. The molecule has 0 spiro atoms. The van der Waals surface area contributed by atoms with Gasteiger partial charge in [0.2, 0.25) is 0 Å². The molecule has 0 atom stereocenters. The minimum Gasteiger partial charge on any atom is -0.504 e. The van der Waals surface area contributed by atoms with Crippen LogP contribution >= 0.6 is 15.9 Å². The zero-order valence-electron chi connectivity index (χ0n) is 19.5. The largest absolute Gasteiger partial charge is 0.504 e. The van der Waals surface area contributed by atoms with Crippen LogP contribution in [0.3, 0.4) is 0 Å². The van der Waals surface area contributed by atoms with Crippen LogP contribution in [-0.2, 0) is 6.61 Å². The van der Waals surface area contributed by atoms with Crippen LogP contribution in [-0.4, -0.2) is 22.9 Å². The number of aliphatic hydroxyl groups excluding tert-OH is 1. The number of nitrogens with one attached hydrogen (secondary N) is 1. The van der Waals surface area contributed by atoms with E-state index in [4.69, 9.17) is 9.47 Å². The number of benzene rings is 3. The van der Waals surface area contributed by atoms with Crippen LogP contribution in [0.15, 0.2) is 53.0 Å². The number of fused-ring (bicyclic) bond motifs is 5. The van der Waals surface area contributed by atoms with E-state index in [-0.39, 0.29) is 17.9 Å². The fourth-order valence-corrected chi connectivity index (χ4v) is 5.47. The molecule has 0 bridgehead atoms. The van der Waals surface area contributed by atoms with Crippen molar-refractivity contribution in [2.45, 2.75) is 32.9 Å². The highest BCUT2D eigenvalue weighted by Crippen LogP contribution is 2.54. The Bertz CT molecular complexity index is 1390. The van der Waals surface area contributed by atoms with Crippen molar-refractivity contribution in [1.82, 2.24) is 0 Å². The number of ether oxygens (including phenoxy) is 2. The van der Waals surface area contributed by atoms with E-state index in [2.05, 4.69) is 54.2 Å². The lowest BCUT2D eigenvalue weighted by Gasteiger charge is -2.35. The zero-order valence-corrected chi connectivity index (χ0v) is 21.1. The van der Waals surface area contributed by atoms with Crippen LogP contribution < -0.4 is 14.8 Å². The number of allylic oxidation sites excluding steroid dienone is 1. The van der Waals surface area contributed by atoms with Crippen molar-refractivity contribution in [3.05, 3.63) is 75.3 Å². The number of anilines is 1. The number of hydrogen-bond donors (Lipinski definition) is 3.